The Kier molecular flexibility index (Phi) is 3.91. The van der Waals surface area contributed by atoms with Crippen LogP contribution in [0.5, 0.6) is 5.75 Å². The zero-order valence-corrected chi connectivity index (χ0v) is 14.5. The highest BCUT2D eigenvalue weighted by molar-refractivity contribution is 9.10. The molecule has 2 aromatic heterocycles. The molecule has 0 radical (unpaired) electrons. The molecule has 2 heterocycles. The van der Waals surface area contributed by atoms with Crippen LogP contribution in [0.2, 0.25) is 0 Å². The Morgan fingerprint density at radius 2 is 2.19 bits per heavy atom. The number of benzene rings is 1. The van der Waals surface area contributed by atoms with E-state index in [-0.39, 0.29) is 0 Å². The number of hydrogen-bond acceptors (Lipinski definition) is 4. The number of imidazole rings is 1. The van der Waals surface area contributed by atoms with Gasteiger partial charge in [0.25, 0.3) is 0 Å². The van der Waals surface area contributed by atoms with Crippen LogP contribution in [0.4, 0.5) is 5.69 Å². The van der Waals surface area contributed by atoms with Crippen molar-refractivity contribution in [1.82, 2.24) is 9.38 Å². The number of nitrogens with zero attached hydrogens (tertiary/aromatic N) is 2. The van der Waals surface area contributed by atoms with Gasteiger partial charge in [-0.25, -0.2) is 4.98 Å². The molecule has 0 atom stereocenters. The van der Waals surface area contributed by atoms with E-state index in [1.165, 1.54) is 10.6 Å². The van der Waals surface area contributed by atoms with Crippen molar-refractivity contribution in [3.63, 3.8) is 0 Å². The summed E-state index contributed by atoms with van der Waals surface area (Å²) in [7, 11) is 1.67. The van der Waals surface area contributed by atoms with E-state index in [1.54, 1.807) is 18.4 Å². The zero-order valence-electron chi connectivity index (χ0n) is 12.1. The van der Waals surface area contributed by atoms with E-state index in [2.05, 4.69) is 50.7 Å². The highest BCUT2D eigenvalue weighted by atomic mass is 79.9. The summed E-state index contributed by atoms with van der Waals surface area (Å²) in [4.78, 5) is 6.93. The van der Waals surface area contributed by atoms with Gasteiger partial charge >= 0.3 is 0 Å². The molecule has 3 rings (SSSR count). The molecule has 0 spiro atoms. The van der Waals surface area contributed by atoms with Crippen molar-refractivity contribution in [2.45, 2.75) is 20.4 Å². The molecule has 0 unspecified atom stereocenters. The van der Waals surface area contributed by atoms with E-state index >= 15 is 0 Å². The fourth-order valence-electron chi connectivity index (χ4n) is 2.28. The first kappa shape index (κ1) is 14.4. The van der Waals surface area contributed by atoms with E-state index in [0.29, 0.717) is 0 Å². The van der Waals surface area contributed by atoms with Crippen LogP contribution in [-0.2, 0) is 6.54 Å². The Balaban J connectivity index is 1.83. The molecular formula is C15H16BrN3OS. The SMILES string of the molecule is COc1ccc(NCc2c(C)nc3sc(C)cn23)cc1Br. The third-order valence-corrected chi connectivity index (χ3v) is 4.87. The molecule has 4 nitrogen and oxygen atoms in total. The number of fused-ring (bicyclic) bond motifs is 1. The van der Waals surface area contributed by atoms with Gasteiger partial charge in [-0.3, -0.25) is 4.40 Å². The topological polar surface area (TPSA) is 38.6 Å². The van der Waals surface area contributed by atoms with Gasteiger partial charge in [-0.05, 0) is 48.0 Å². The Morgan fingerprint density at radius 3 is 2.90 bits per heavy atom. The van der Waals surface area contributed by atoms with E-state index in [0.717, 1.165) is 33.1 Å². The van der Waals surface area contributed by atoms with Crippen LogP contribution in [0.3, 0.4) is 0 Å². The van der Waals surface area contributed by atoms with Gasteiger partial charge in [-0.2, -0.15) is 0 Å². The number of aromatic nitrogens is 2. The van der Waals surface area contributed by atoms with Gasteiger partial charge in [-0.1, -0.05) is 0 Å². The zero-order chi connectivity index (χ0) is 15.0. The summed E-state index contributed by atoms with van der Waals surface area (Å²) in [6.07, 6.45) is 2.14. The first-order valence-corrected chi connectivity index (χ1v) is 8.21. The van der Waals surface area contributed by atoms with Gasteiger partial charge in [0.1, 0.15) is 5.75 Å². The number of thiazole rings is 1. The lowest BCUT2D eigenvalue weighted by Crippen LogP contribution is -2.03. The Labute approximate surface area is 135 Å². The summed E-state index contributed by atoms with van der Waals surface area (Å²) in [5.74, 6) is 0.830. The Bertz CT molecular complexity index is 794. The van der Waals surface area contributed by atoms with Crippen molar-refractivity contribution < 1.29 is 4.74 Å². The highest BCUT2D eigenvalue weighted by Gasteiger charge is 2.11. The average Bonchev–Trinajstić information content (AvgIpc) is 2.92. The minimum atomic E-state index is 0.738. The number of rotatable bonds is 4. The summed E-state index contributed by atoms with van der Waals surface area (Å²) in [5, 5.41) is 3.44. The van der Waals surface area contributed by atoms with Crippen LogP contribution < -0.4 is 10.1 Å². The fraction of sp³-hybridized carbons (Fsp3) is 0.267. The summed E-state index contributed by atoms with van der Waals surface area (Å²) in [6, 6.07) is 5.97. The molecular weight excluding hydrogens is 350 g/mol. The van der Waals surface area contributed by atoms with E-state index in [9.17, 15) is 0 Å². The maximum Gasteiger partial charge on any atom is 0.194 e. The molecule has 3 aromatic rings. The molecule has 0 fully saturated rings. The number of anilines is 1. The molecule has 21 heavy (non-hydrogen) atoms. The van der Waals surface area contributed by atoms with Crippen molar-refractivity contribution >= 4 is 37.9 Å². The minimum absolute atomic E-state index is 0.738. The van der Waals surface area contributed by atoms with Gasteiger partial charge in [0.05, 0.1) is 29.5 Å². The second kappa shape index (κ2) is 5.69. The van der Waals surface area contributed by atoms with Crippen molar-refractivity contribution in [2.75, 3.05) is 12.4 Å². The van der Waals surface area contributed by atoms with Crippen LogP contribution in [0, 0.1) is 13.8 Å². The molecule has 0 aliphatic carbocycles. The van der Waals surface area contributed by atoms with Crippen molar-refractivity contribution in [3.8, 4) is 5.75 Å². The molecule has 0 saturated carbocycles. The summed E-state index contributed by atoms with van der Waals surface area (Å²) >= 11 is 5.22. The molecule has 0 bridgehead atoms. The van der Waals surface area contributed by atoms with Crippen molar-refractivity contribution in [2.24, 2.45) is 0 Å². The van der Waals surface area contributed by atoms with Crippen molar-refractivity contribution in [1.29, 1.82) is 0 Å². The first-order chi connectivity index (χ1) is 10.1. The van der Waals surface area contributed by atoms with Crippen LogP contribution in [0.1, 0.15) is 16.3 Å². The predicted molar refractivity (Wildman–Crippen MR) is 90.6 cm³/mol. The fourth-order valence-corrected chi connectivity index (χ4v) is 3.71. The highest BCUT2D eigenvalue weighted by Crippen LogP contribution is 2.28. The quantitative estimate of drug-likeness (QED) is 0.744. The van der Waals surface area contributed by atoms with E-state index in [1.807, 2.05) is 18.2 Å². The molecule has 6 heteroatoms. The van der Waals surface area contributed by atoms with Crippen LogP contribution >= 0.6 is 27.3 Å². The molecule has 1 aromatic carbocycles. The normalized spacial score (nSPS) is 11.0. The minimum Gasteiger partial charge on any atom is -0.496 e. The lowest BCUT2D eigenvalue weighted by atomic mass is 10.3. The second-order valence-corrected chi connectivity index (χ2v) is 6.91. The summed E-state index contributed by atoms with van der Waals surface area (Å²) in [5.41, 5.74) is 3.31. The standard InChI is InChI=1S/C15H16BrN3OS/c1-9-8-19-13(10(2)18-15(19)21-9)7-17-11-4-5-14(20-3)12(16)6-11/h4-6,8,17H,7H2,1-3H3. The largest absolute Gasteiger partial charge is 0.496 e. The molecule has 0 amide bonds. The van der Waals surface area contributed by atoms with E-state index in [4.69, 9.17) is 4.74 Å². The third kappa shape index (κ3) is 2.78. The van der Waals surface area contributed by atoms with Gasteiger partial charge in [0.2, 0.25) is 0 Å². The van der Waals surface area contributed by atoms with Crippen LogP contribution in [-0.4, -0.2) is 16.5 Å². The summed E-state index contributed by atoms with van der Waals surface area (Å²) < 4.78 is 8.35. The Morgan fingerprint density at radius 1 is 1.38 bits per heavy atom. The number of halogens is 1. The average molecular weight is 366 g/mol. The molecule has 0 saturated heterocycles. The monoisotopic (exact) mass is 365 g/mol. The van der Waals surface area contributed by atoms with E-state index < -0.39 is 0 Å². The number of nitrogens with one attached hydrogen (secondary N) is 1. The maximum absolute atomic E-state index is 5.24. The van der Waals surface area contributed by atoms with Crippen LogP contribution in [0.15, 0.2) is 28.9 Å². The lowest BCUT2D eigenvalue weighted by Gasteiger charge is -2.09. The van der Waals surface area contributed by atoms with Gasteiger partial charge in [-0.15, -0.1) is 11.3 Å². The smallest absolute Gasteiger partial charge is 0.194 e. The second-order valence-electron chi connectivity index (χ2n) is 4.84. The van der Waals surface area contributed by atoms with Crippen LogP contribution in [0.25, 0.3) is 4.96 Å². The Hall–Kier alpha value is -1.53. The number of hydrogen-bond donors (Lipinski definition) is 1. The van der Waals surface area contributed by atoms with Gasteiger partial charge in [0, 0.05) is 16.8 Å². The van der Waals surface area contributed by atoms with Gasteiger partial charge in [0.15, 0.2) is 4.96 Å². The maximum atomic E-state index is 5.24. The first-order valence-electron chi connectivity index (χ1n) is 6.60. The number of ether oxygens (including phenoxy) is 1. The van der Waals surface area contributed by atoms with Gasteiger partial charge < -0.3 is 10.1 Å². The molecule has 1 N–H and O–H groups in total. The number of aryl methyl sites for hydroxylation is 2. The molecule has 0 aliphatic heterocycles. The molecule has 110 valence electrons. The lowest BCUT2D eigenvalue weighted by molar-refractivity contribution is 0.412. The third-order valence-electron chi connectivity index (χ3n) is 3.35. The van der Waals surface area contributed by atoms with Crippen molar-refractivity contribution in [3.05, 3.63) is 45.1 Å². The number of methoxy groups -OCH3 is 1. The summed E-state index contributed by atoms with van der Waals surface area (Å²) in [6.45, 7) is 4.89. The predicted octanol–water partition coefficient (Wildman–Crippen LogP) is 4.40. The molecule has 0 aliphatic rings.